The lowest BCUT2D eigenvalue weighted by atomic mass is 9.90. The van der Waals surface area contributed by atoms with Crippen molar-refractivity contribution in [3.05, 3.63) is 10.3 Å². The van der Waals surface area contributed by atoms with Crippen LogP contribution in [0.3, 0.4) is 0 Å². The number of nitrogens with zero attached hydrogens (tertiary/aromatic N) is 3. The Morgan fingerprint density at radius 3 is 2.50 bits per heavy atom. The summed E-state index contributed by atoms with van der Waals surface area (Å²) in [7, 11) is 1.98. The second kappa shape index (κ2) is 6.66. The maximum atomic E-state index is 4.13. The van der Waals surface area contributed by atoms with E-state index < -0.39 is 0 Å². The zero-order valence-electron chi connectivity index (χ0n) is 11.3. The van der Waals surface area contributed by atoms with E-state index in [2.05, 4.69) is 38.5 Å². The summed E-state index contributed by atoms with van der Waals surface area (Å²) in [4.78, 5) is 0. The van der Waals surface area contributed by atoms with Crippen molar-refractivity contribution in [1.82, 2.24) is 20.3 Å². The highest BCUT2D eigenvalue weighted by atomic mass is 79.9. The first kappa shape index (κ1) is 14.0. The number of nitrogens with one attached hydrogen (secondary N) is 1. The van der Waals surface area contributed by atoms with E-state index in [1.165, 1.54) is 44.2 Å². The summed E-state index contributed by atoms with van der Waals surface area (Å²) in [5.41, 5.74) is 1.20. The zero-order valence-corrected chi connectivity index (χ0v) is 12.9. The van der Waals surface area contributed by atoms with Crippen LogP contribution in [0.2, 0.25) is 0 Å². The van der Waals surface area contributed by atoms with Crippen LogP contribution in [0.4, 0.5) is 0 Å². The van der Waals surface area contributed by atoms with Gasteiger partial charge in [-0.2, -0.15) is 0 Å². The fourth-order valence-electron chi connectivity index (χ4n) is 3.02. The molecule has 1 aliphatic rings. The number of aromatic nitrogens is 3. The Kier molecular flexibility index (Phi) is 5.18. The molecule has 0 aliphatic heterocycles. The van der Waals surface area contributed by atoms with Crippen molar-refractivity contribution in [2.75, 3.05) is 6.54 Å². The minimum atomic E-state index is 0.377. The monoisotopic (exact) mass is 314 g/mol. The number of rotatable bonds is 4. The van der Waals surface area contributed by atoms with Crippen LogP contribution < -0.4 is 5.32 Å². The number of halogens is 1. The summed E-state index contributed by atoms with van der Waals surface area (Å²) >= 11 is 3.54. The molecule has 1 aromatic heterocycles. The molecule has 4 nitrogen and oxygen atoms in total. The third-order valence-electron chi connectivity index (χ3n) is 3.92. The Hall–Kier alpha value is -0.420. The molecule has 1 N–H and O–H groups in total. The highest BCUT2D eigenvalue weighted by Crippen LogP contribution is 2.35. The predicted molar refractivity (Wildman–Crippen MR) is 76.3 cm³/mol. The fraction of sp³-hybridized carbons (Fsp3) is 0.846. The average Bonchev–Trinajstić information content (AvgIpc) is 2.61. The molecular weight excluding hydrogens is 292 g/mol. The molecule has 18 heavy (non-hydrogen) atoms. The van der Waals surface area contributed by atoms with Gasteiger partial charge in [-0.1, -0.05) is 37.8 Å². The van der Waals surface area contributed by atoms with Gasteiger partial charge < -0.3 is 5.32 Å². The predicted octanol–water partition coefficient (Wildman–Crippen LogP) is 3.20. The third-order valence-corrected chi connectivity index (χ3v) is 4.48. The van der Waals surface area contributed by atoms with Gasteiger partial charge in [0.05, 0.1) is 11.7 Å². The highest BCUT2D eigenvalue weighted by Gasteiger charge is 2.28. The van der Waals surface area contributed by atoms with Crippen molar-refractivity contribution in [1.29, 1.82) is 0 Å². The summed E-state index contributed by atoms with van der Waals surface area (Å²) in [6.45, 7) is 3.15. The molecule has 0 radical (unpaired) electrons. The van der Waals surface area contributed by atoms with Crippen LogP contribution in [-0.4, -0.2) is 21.5 Å². The molecule has 1 heterocycles. The number of aryl methyl sites for hydroxylation is 1. The molecule has 1 atom stereocenters. The summed E-state index contributed by atoms with van der Waals surface area (Å²) < 4.78 is 2.79. The molecule has 0 amide bonds. The summed E-state index contributed by atoms with van der Waals surface area (Å²) in [5.74, 6) is 0.709. The van der Waals surface area contributed by atoms with E-state index in [1.54, 1.807) is 0 Å². The minimum absolute atomic E-state index is 0.377. The lowest BCUT2D eigenvalue weighted by Crippen LogP contribution is -2.30. The van der Waals surface area contributed by atoms with Crippen molar-refractivity contribution in [3.63, 3.8) is 0 Å². The van der Waals surface area contributed by atoms with Gasteiger partial charge in [0.2, 0.25) is 0 Å². The molecule has 0 bridgehead atoms. The fourth-order valence-corrected chi connectivity index (χ4v) is 3.59. The Morgan fingerprint density at radius 2 is 2.00 bits per heavy atom. The normalized spacial score (nSPS) is 19.7. The first-order valence-corrected chi connectivity index (χ1v) is 7.81. The van der Waals surface area contributed by atoms with Crippen LogP contribution in [0, 0.1) is 5.92 Å². The van der Waals surface area contributed by atoms with E-state index in [0.717, 1.165) is 11.1 Å². The lowest BCUT2D eigenvalue weighted by molar-refractivity contribution is 0.316. The Balaban J connectivity index is 2.21. The zero-order chi connectivity index (χ0) is 13.0. The molecule has 0 spiro atoms. The second-order valence-electron chi connectivity index (χ2n) is 5.18. The van der Waals surface area contributed by atoms with Gasteiger partial charge in [0.25, 0.3) is 0 Å². The smallest absolute Gasteiger partial charge is 0.153 e. The molecule has 102 valence electrons. The number of hydrogen-bond acceptors (Lipinski definition) is 3. The Morgan fingerprint density at radius 1 is 1.33 bits per heavy atom. The van der Waals surface area contributed by atoms with Crippen molar-refractivity contribution in [2.45, 2.75) is 51.5 Å². The number of hydrogen-bond donors (Lipinski definition) is 1. The van der Waals surface area contributed by atoms with Gasteiger partial charge in [-0.3, -0.25) is 0 Å². The summed E-state index contributed by atoms with van der Waals surface area (Å²) in [5, 5.41) is 11.9. The largest absolute Gasteiger partial charge is 0.309 e. The average molecular weight is 315 g/mol. The van der Waals surface area contributed by atoms with Gasteiger partial charge in [-0.25, -0.2) is 4.68 Å². The van der Waals surface area contributed by atoms with Gasteiger partial charge in [0.1, 0.15) is 0 Å². The highest BCUT2D eigenvalue weighted by molar-refractivity contribution is 9.10. The van der Waals surface area contributed by atoms with E-state index in [0.29, 0.717) is 12.0 Å². The molecule has 0 saturated heterocycles. The van der Waals surface area contributed by atoms with Crippen LogP contribution in [0.25, 0.3) is 0 Å². The lowest BCUT2D eigenvalue weighted by Gasteiger charge is -2.27. The van der Waals surface area contributed by atoms with Crippen LogP contribution in [0.15, 0.2) is 4.60 Å². The molecule has 1 aromatic rings. The van der Waals surface area contributed by atoms with E-state index in [-0.39, 0.29) is 0 Å². The van der Waals surface area contributed by atoms with Gasteiger partial charge >= 0.3 is 0 Å². The molecule has 1 aliphatic carbocycles. The molecule has 1 unspecified atom stereocenters. The maximum Gasteiger partial charge on any atom is 0.153 e. The van der Waals surface area contributed by atoms with E-state index in [4.69, 9.17) is 0 Å². The third kappa shape index (κ3) is 3.12. The van der Waals surface area contributed by atoms with Gasteiger partial charge in [-0.05, 0) is 41.2 Å². The first-order valence-electron chi connectivity index (χ1n) is 7.02. The molecule has 1 fully saturated rings. The summed E-state index contributed by atoms with van der Waals surface area (Å²) in [6, 6.07) is 0.377. The molecule has 5 heteroatoms. The van der Waals surface area contributed by atoms with E-state index in [1.807, 2.05) is 11.7 Å². The quantitative estimate of drug-likeness (QED) is 0.868. The molecule has 0 aromatic carbocycles. The Labute approximate surface area is 118 Å². The van der Waals surface area contributed by atoms with Gasteiger partial charge in [0, 0.05) is 7.05 Å². The topological polar surface area (TPSA) is 42.7 Å². The Bertz CT molecular complexity index is 350. The minimum Gasteiger partial charge on any atom is -0.309 e. The first-order chi connectivity index (χ1) is 8.74. The molecular formula is C13H23BrN4. The maximum absolute atomic E-state index is 4.13. The van der Waals surface area contributed by atoms with Gasteiger partial charge in [-0.15, -0.1) is 5.10 Å². The van der Waals surface area contributed by atoms with Crippen LogP contribution in [0.5, 0.6) is 0 Å². The molecule has 2 rings (SSSR count). The van der Waals surface area contributed by atoms with Crippen LogP contribution in [-0.2, 0) is 7.05 Å². The van der Waals surface area contributed by atoms with E-state index >= 15 is 0 Å². The standard InChI is InChI=1S/C13H23BrN4/c1-3-15-11(10-8-6-4-5-7-9-10)12-13(14)16-17-18(12)2/h10-11,15H,3-9H2,1-2H3. The second-order valence-corrected chi connectivity index (χ2v) is 5.93. The molecule has 1 saturated carbocycles. The SMILES string of the molecule is CCNC(c1c(Br)nnn1C)C1CCCCCC1. The van der Waals surface area contributed by atoms with E-state index in [9.17, 15) is 0 Å². The van der Waals surface area contributed by atoms with Crippen molar-refractivity contribution >= 4 is 15.9 Å². The van der Waals surface area contributed by atoms with Crippen LogP contribution >= 0.6 is 15.9 Å². The van der Waals surface area contributed by atoms with Crippen molar-refractivity contribution in [3.8, 4) is 0 Å². The van der Waals surface area contributed by atoms with Crippen molar-refractivity contribution in [2.24, 2.45) is 13.0 Å². The van der Waals surface area contributed by atoms with Crippen LogP contribution in [0.1, 0.15) is 57.2 Å². The van der Waals surface area contributed by atoms with Crippen molar-refractivity contribution < 1.29 is 0 Å². The summed E-state index contributed by atoms with van der Waals surface area (Å²) in [6.07, 6.45) is 8.12. The van der Waals surface area contributed by atoms with Gasteiger partial charge in [0.15, 0.2) is 4.60 Å².